The lowest BCUT2D eigenvalue weighted by atomic mass is 10.2. The molecule has 6 heteroatoms. The number of furan rings is 1. The van der Waals surface area contributed by atoms with Crippen molar-refractivity contribution in [2.45, 2.75) is 12.1 Å². The van der Waals surface area contributed by atoms with Crippen molar-refractivity contribution in [3.05, 3.63) is 60.0 Å². The highest BCUT2D eigenvalue weighted by molar-refractivity contribution is 7.99. The zero-order valence-corrected chi connectivity index (χ0v) is 13.5. The first-order valence-corrected chi connectivity index (χ1v) is 8.17. The second-order valence-electron chi connectivity index (χ2n) is 4.54. The summed E-state index contributed by atoms with van der Waals surface area (Å²) in [5.41, 5.74) is 3.47. The first kappa shape index (κ1) is 14.9. The van der Waals surface area contributed by atoms with Crippen molar-refractivity contribution in [3.63, 3.8) is 0 Å². The minimum absolute atomic E-state index is 0.735. The van der Waals surface area contributed by atoms with Gasteiger partial charge in [-0.25, -0.2) is 0 Å². The molecule has 3 rings (SSSR count). The third-order valence-corrected chi connectivity index (χ3v) is 4.20. The number of thioether (sulfide) groups is 1. The van der Waals surface area contributed by atoms with Crippen molar-refractivity contribution >= 4 is 23.4 Å². The number of halogens is 1. The molecule has 0 aliphatic heterocycles. The molecular weight excluding hydrogens is 318 g/mol. The van der Waals surface area contributed by atoms with Gasteiger partial charge < -0.3 is 4.42 Å². The monoisotopic (exact) mass is 331 g/mol. The van der Waals surface area contributed by atoms with Gasteiger partial charge in [-0.3, -0.25) is 4.57 Å². The molecule has 2 heterocycles. The zero-order chi connectivity index (χ0) is 15.4. The molecule has 0 spiro atoms. The van der Waals surface area contributed by atoms with Crippen molar-refractivity contribution in [2.75, 3.05) is 5.75 Å². The summed E-state index contributed by atoms with van der Waals surface area (Å²) < 4.78 is 7.43. The number of hydrogen-bond acceptors (Lipinski definition) is 4. The zero-order valence-electron chi connectivity index (χ0n) is 11.9. The van der Waals surface area contributed by atoms with E-state index in [0.717, 1.165) is 33.7 Å². The lowest BCUT2D eigenvalue weighted by Gasteiger charge is -2.09. The summed E-state index contributed by atoms with van der Waals surface area (Å²) in [7, 11) is 0. The third kappa shape index (κ3) is 2.96. The molecule has 0 saturated carbocycles. The maximum Gasteiger partial charge on any atom is 0.196 e. The SMILES string of the molecule is Cc1occc1-c1nnc(SC/C=C/Cl)n1-c1ccccc1. The Labute approximate surface area is 137 Å². The van der Waals surface area contributed by atoms with Gasteiger partial charge in [0.2, 0.25) is 0 Å². The largest absolute Gasteiger partial charge is 0.469 e. The lowest BCUT2D eigenvalue weighted by Crippen LogP contribution is -1.99. The highest BCUT2D eigenvalue weighted by atomic mass is 35.5. The molecule has 22 heavy (non-hydrogen) atoms. The van der Waals surface area contributed by atoms with Crippen LogP contribution in [0.2, 0.25) is 0 Å². The summed E-state index contributed by atoms with van der Waals surface area (Å²) in [6.45, 7) is 1.92. The second kappa shape index (κ2) is 6.85. The standard InChI is InChI=1S/C16H14ClN3OS/c1-12-14(8-10-21-12)15-18-19-16(22-11-5-9-17)20(15)13-6-3-2-4-7-13/h2-10H,11H2,1H3/b9-5+. The maximum absolute atomic E-state index is 5.58. The van der Waals surface area contributed by atoms with Crippen LogP contribution in [-0.4, -0.2) is 20.5 Å². The number of benzene rings is 1. The van der Waals surface area contributed by atoms with Crippen LogP contribution in [0.3, 0.4) is 0 Å². The Kier molecular flexibility index (Phi) is 4.65. The molecule has 2 aromatic heterocycles. The molecule has 0 N–H and O–H groups in total. The van der Waals surface area contributed by atoms with Gasteiger partial charge in [-0.2, -0.15) is 0 Å². The number of nitrogens with zero attached hydrogens (tertiary/aromatic N) is 3. The molecule has 1 aromatic carbocycles. The smallest absolute Gasteiger partial charge is 0.196 e. The average molecular weight is 332 g/mol. The van der Waals surface area contributed by atoms with Gasteiger partial charge in [0.05, 0.1) is 11.8 Å². The number of aromatic nitrogens is 3. The summed E-state index contributed by atoms with van der Waals surface area (Å²) in [5.74, 6) is 2.33. The van der Waals surface area contributed by atoms with E-state index in [9.17, 15) is 0 Å². The van der Waals surface area contributed by atoms with Crippen molar-refractivity contribution in [1.29, 1.82) is 0 Å². The lowest BCUT2D eigenvalue weighted by molar-refractivity contribution is 0.535. The summed E-state index contributed by atoms with van der Waals surface area (Å²) >= 11 is 7.16. The van der Waals surface area contributed by atoms with Crippen molar-refractivity contribution in [1.82, 2.24) is 14.8 Å². The van der Waals surface area contributed by atoms with Gasteiger partial charge in [0.1, 0.15) is 5.76 Å². The van der Waals surface area contributed by atoms with Crippen LogP contribution in [0.5, 0.6) is 0 Å². The van der Waals surface area contributed by atoms with Gasteiger partial charge >= 0.3 is 0 Å². The normalized spacial score (nSPS) is 11.4. The van der Waals surface area contributed by atoms with Crippen LogP contribution >= 0.6 is 23.4 Å². The molecular formula is C16H14ClN3OS. The van der Waals surface area contributed by atoms with Crippen LogP contribution < -0.4 is 0 Å². The van der Waals surface area contributed by atoms with E-state index in [-0.39, 0.29) is 0 Å². The van der Waals surface area contributed by atoms with Gasteiger partial charge in [0, 0.05) is 17.0 Å². The summed E-state index contributed by atoms with van der Waals surface area (Å²) in [5, 5.41) is 9.48. The molecule has 0 bridgehead atoms. The molecule has 0 atom stereocenters. The van der Waals surface area contributed by atoms with Crippen LogP contribution in [0.25, 0.3) is 17.1 Å². The van der Waals surface area contributed by atoms with E-state index in [0.29, 0.717) is 0 Å². The van der Waals surface area contributed by atoms with E-state index >= 15 is 0 Å². The van der Waals surface area contributed by atoms with Gasteiger partial charge in [0.15, 0.2) is 11.0 Å². The van der Waals surface area contributed by atoms with E-state index in [1.54, 1.807) is 18.0 Å². The minimum Gasteiger partial charge on any atom is -0.469 e. The van der Waals surface area contributed by atoms with Crippen LogP contribution in [0.4, 0.5) is 0 Å². The van der Waals surface area contributed by atoms with Gasteiger partial charge in [-0.05, 0) is 25.1 Å². The topological polar surface area (TPSA) is 43.9 Å². The van der Waals surface area contributed by atoms with Crippen LogP contribution in [0, 0.1) is 6.92 Å². The fourth-order valence-corrected chi connectivity index (χ4v) is 3.08. The van der Waals surface area contributed by atoms with Crippen LogP contribution in [-0.2, 0) is 0 Å². The van der Waals surface area contributed by atoms with Crippen molar-refractivity contribution in [3.8, 4) is 17.1 Å². The van der Waals surface area contributed by atoms with Gasteiger partial charge in [0.25, 0.3) is 0 Å². The quantitative estimate of drug-likeness (QED) is 0.637. The minimum atomic E-state index is 0.735. The fraction of sp³-hybridized carbons (Fsp3) is 0.125. The predicted molar refractivity (Wildman–Crippen MR) is 89.5 cm³/mol. The Hall–Kier alpha value is -1.98. The molecule has 112 valence electrons. The predicted octanol–water partition coefficient (Wildman–Crippen LogP) is 4.68. The van der Waals surface area contributed by atoms with E-state index < -0.39 is 0 Å². The average Bonchev–Trinajstić information content (AvgIpc) is 3.14. The van der Waals surface area contributed by atoms with Crippen LogP contribution in [0.1, 0.15) is 5.76 Å². The highest BCUT2D eigenvalue weighted by Gasteiger charge is 2.18. The van der Waals surface area contributed by atoms with E-state index in [2.05, 4.69) is 10.2 Å². The van der Waals surface area contributed by atoms with Crippen LogP contribution in [0.15, 0.2) is 63.8 Å². The van der Waals surface area contributed by atoms with Crippen molar-refractivity contribution < 1.29 is 4.42 Å². The molecule has 0 fully saturated rings. The van der Waals surface area contributed by atoms with E-state index in [4.69, 9.17) is 16.0 Å². The fourth-order valence-electron chi connectivity index (χ4n) is 2.12. The Bertz CT molecular complexity index is 780. The molecule has 0 amide bonds. The second-order valence-corrected chi connectivity index (χ2v) is 5.78. The van der Waals surface area contributed by atoms with E-state index in [1.807, 2.05) is 54.0 Å². The third-order valence-electron chi connectivity index (χ3n) is 3.15. The summed E-state index contributed by atoms with van der Waals surface area (Å²) in [6, 6.07) is 11.9. The maximum atomic E-state index is 5.58. The Morgan fingerprint density at radius 3 is 2.73 bits per heavy atom. The number of rotatable bonds is 5. The molecule has 0 radical (unpaired) electrons. The van der Waals surface area contributed by atoms with Crippen molar-refractivity contribution in [2.24, 2.45) is 0 Å². The molecule has 0 unspecified atom stereocenters. The number of hydrogen-bond donors (Lipinski definition) is 0. The van der Waals surface area contributed by atoms with Gasteiger partial charge in [-0.1, -0.05) is 47.6 Å². The first-order chi connectivity index (χ1) is 10.8. The summed E-state index contributed by atoms with van der Waals surface area (Å²) in [6.07, 6.45) is 3.54. The Morgan fingerprint density at radius 1 is 1.23 bits per heavy atom. The number of para-hydroxylation sites is 1. The highest BCUT2D eigenvalue weighted by Crippen LogP contribution is 2.30. The molecule has 3 aromatic rings. The molecule has 0 aliphatic carbocycles. The number of aryl methyl sites for hydroxylation is 1. The molecule has 0 aliphatic rings. The van der Waals surface area contributed by atoms with E-state index in [1.165, 1.54) is 5.54 Å². The van der Waals surface area contributed by atoms with Gasteiger partial charge in [-0.15, -0.1) is 10.2 Å². The first-order valence-electron chi connectivity index (χ1n) is 6.74. The Balaban J connectivity index is 2.09. The Morgan fingerprint density at radius 2 is 2.05 bits per heavy atom. The molecule has 0 saturated heterocycles. The summed E-state index contributed by atoms with van der Waals surface area (Å²) in [4.78, 5) is 0. The molecule has 4 nitrogen and oxygen atoms in total.